The number of fused-ring (bicyclic) bond motifs is 2. The van der Waals surface area contributed by atoms with Crippen molar-refractivity contribution < 1.29 is 28.8 Å². The number of ketones is 1. The van der Waals surface area contributed by atoms with Gasteiger partial charge in [-0.25, -0.2) is 4.98 Å². The Bertz CT molecular complexity index is 1520. The predicted molar refractivity (Wildman–Crippen MR) is 162 cm³/mol. The number of benzene rings is 3. The molecule has 2 N–H and O–H groups in total. The first-order chi connectivity index (χ1) is 19.8. The van der Waals surface area contributed by atoms with Crippen LogP contribution in [-0.4, -0.2) is 57.5 Å². The zero-order valence-corrected chi connectivity index (χ0v) is 24.5. The van der Waals surface area contributed by atoms with E-state index in [0.717, 1.165) is 18.4 Å². The summed E-state index contributed by atoms with van der Waals surface area (Å²) in [7, 11) is 6.25. The van der Waals surface area contributed by atoms with Crippen LogP contribution >= 0.6 is 0 Å². The van der Waals surface area contributed by atoms with Crippen LogP contribution in [0.25, 0.3) is 22.2 Å². The lowest BCUT2D eigenvalue weighted by atomic mass is 9.91. The van der Waals surface area contributed by atoms with E-state index in [1.54, 1.807) is 40.6 Å². The highest BCUT2D eigenvalue weighted by molar-refractivity contribution is 6.07. The Morgan fingerprint density at radius 1 is 0.976 bits per heavy atom. The normalized spacial score (nSPS) is 14.3. The number of para-hydroxylation sites is 1. The first-order valence-corrected chi connectivity index (χ1v) is 13.6. The number of aromatic nitrogens is 1. The molecule has 1 aromatic heterocycles. The van der Waals surface area contributed by atoms with Crippen LogP contribution in [0, 0.1) is 5.92 Å². The molecule has 2 heterocycles. The topological polar surface area (TPSA) is 99.1 Å². The molecule has 8 heteroatoms. The number of rotatable bonds is 9. The quantitative estimate of drug-likeness (QED) is 0.229. The Balaban J connectivity index is 0.000000231. The molecule has 8 nitrogen and oxygen atoms in total. The molecule has 0 bridgehead atoms. The van der Waals surface area contributed by atoms with Crippen molar-refractivity contribution in [1.82, 2.24) is 4.98 Å². The molecule has 0 amide bonds. The van der Waals surface area contributed by atoms with Crippen LogP contribution in [0.5, 0.6) is 23.0 Å². The minimum absolute atomic E-state index is 0.0589. The van der Waals surface area contributed by atoms with Gasteiger partial charge in [-0.2, -0.15) is 0 Å². The van der Waals surface area contributed by atoms with E-state index in [-0.39, 0.29) is 5.78 Å². The number of hydrogen-bond acceptors (Lipinski definition) is 8. The zero-order valence-electron chi connectivity index (χ0n) is 24.5. The lowest BCUT2D eigenvalue weighted by Crippen LogP contribution is -2.09. The smallest absolute Gasteiger partial charge is 0.203 e. The number of anilines is 1. The molecule has 41 heavy (non-hydrogen) atoms. The van der Waals surface area contributed by atoms with Crippen LogP contribution in [0.3, 0.4) is 0 Å². The lowest BCUT2D eigenvalue weighted by molar-refractivity contribution is 0.101. The number of nitrogens with one attached hydrogen (secondary N) is 1. The Morgan fingerprint density at radius 2 is 1.73 bits per heavy atom. The molecule has 216 valence electrons. The molecule has 0 saturated carbocycles. The van der Waals surface area contributed by atoms with Crippen LogP contribution in [-0.2, 0) is 0 Å². The van der Waals surface area contributed by atoms with Crippen LogP contribution < -0.4 is 24.3 Å². The SMILES string of the molecule is CC(CO)CC1CNc2ccccc21.COc1ccc2nc(-c3ccc(OC)c(OC)c3OC)cc(C(C)=O)c2c1. The number of aliphatic hydroxyl groups excluding tert-OH is 1. The second kappa shape index (κ2) is 13.4. The van der Waals surface area contributed by atoms with Gasteiger partial charge in [0.05, 0.1) is 39.6 Å². The Hall–Kier alpha value is -4.30. The van der Waals surface area contributed by atoms with Gasteiger partial charge in [-0.15, -0.1) is 0 Å². The standard InChI is InChI=1S/C21H21NO5.C12H17NO/c1-12(23)15-11-18(22-17-8-6-13(24-2)10-16(15)17)14-7-9-19(25-3)21(27-5)20(14)26-4;1-9(8-14)6-10-7-13-12-5-3-2-4-11(10)12/h6-11H,1-5H3;2-5,9-10,13-14H,6-8H2,1H3. The van der Waals surface area contributed by atoms with Crippen molar-refractivity contribution in [3.05, 3.63) is 71.8 Å². The summed E-state index contributed by atoms with van der Waals surface area (Å²) in [4.78, 5) is 17.0. The number of ether oxygens (including phenoxy) is 4. The number of nitrogens with zero attached hydrogens (tertiary/aromatic N) is 1. The molecule has 0 aliphatic carbocycles. The van der Waals surface area contributed by atoms with Gasteiger partial charge in [-0.05, 0) is 67.3 Å². The second-order valence-corrected chi connectivity index (χ2v) is 10.1. The van der Waals surface area contributed by atoms with Gasteiger partial charge in [0.2, 0.25) is 5.75 Å². The van der Waals surface area contributed by atoms with E-state index in [1.807, 2.05) is 24.3 Å². The maximum Gasteiger partial charge on any atom is 0.203 e. The molecule has 2 atom stereocenters. The van der Waals surface area contributed by atoms with Crippen molar-refractivity contribution in [2.45, 2.75) is 26.2 Å². The third kappa shape index (κ3) is 6.38. The largest absolute Gasteiger partial charge is 0.497 e. The monoisotopic (exact) mass is 558 g/mol. The summed E-state index contributed by atoms with van der Waals surface area (Å²) in [5, 5.41) is 13.2. The number of hydrogen-bond donors (Lipinski definition) is 2. The number of pyridine rings is 1. The maximum atomic E-state index is 12.3. The van der Waals surface area contributed by atoms with E-state index < -0.39 is 0 Å². The summed E-state index contributed by atoms with van der Waals surface area (Å²) in [5.74, 6) is 3.10. The molecule has 1 aliphatic rings. The summed E-state index contributed by atoms with van der Waals surface area (Å²) >= 11 is 0. The molecule has 2 unspecified atom stereocenters. The first-order valence-electron chi connectivity index (χ1n) is 13.6. The van der Waals surface area contributed by atoms with Crippen molar-refractivity contribution in [2.75, 3.05) is 46.9 Å². The summed E-state index contributed by atoms with van der Waals surface area (Å²) in [6.45, 7) is 4.94. The van der Waals surface area contributed by atoms with E-state index in [4.69, 9.17) is 29.0 Å². The maximum absolute atomic E-state index is 12.3. The van der Waals surface area contributed by atoms with Crippen molar-refractivity contribution in [2.24, 2.45) is 5.92 Å². The minimum Gasteiger partial charge on any atom is -0.497 e. The van der Waals surface area contributed by atoms with Gasteiger partial charge >= 0.3 is 0 Å². The molecule has 0 saturated heterocycles. The molecule has 1 aliphatic heterocycles. The molecule has 4 aromatic rings. The second-order valence-electron chi connectivity index (χ2n) is 10.1. The van der Waals surface area contributed by atoms with E-state index in [2.05, 4.69) is 36.5 Å². The van der Waals surface area contributed by atoms with E-state index in [0.29, 0.717) is 63.8 Å². The average molecular weight is 559 g/mol. The Morgan fingerprint density at radius 3 is 2.39 bits per heavy atom. The first kappa shape index (κ1) is 29.7. The third-order valence-corrected chi connectivity index (χ3v) is 7.31. The number of carbonyl (C=O) groups is 1. The lowest BCUT2D eigenvalue weighted by Gasteiger charge is -2.16. The third-order valence-electron chi connectivity index (χ3n) is 7.31. The van der Waals surface area contributed by atoms with E-state index >= 15 is 0 Å². The van der Waals surface area contributed by atoms with Gasteiger partial charge in [0.15, 0.2) is 17.3 Å². The van der Waals surface area contributed by atoms with Gasteiger partial charge in [0.1, 0.15) is 5.75 Å². The van der Waals surface area contributed by atoms with E-state index in [9.17, 15) is 4.79 Å². The van der Waals surface area contributed by atoms with Gasteiger partial charge in [0, 0.05) is 41.3 Å². The van der Waals surface area contributed by atoms with Crippen LogP contribution in [0.4, 0.5) is 5.69 Å². The Labute approximate surface area is 241 Å². The molecule has 5 rings (SSSR count). The fourth-order valence-corrected chi connectivity index (χ4v) is 5.19. The van der Waals surface area contributed by atoms with Crippen molar-refractivity contribution >= 4 is 22.4 Å². The molecule has 3 aromatic carbocycles. The molecular weight excluding hydrogens is 520 g/mol. The molecule has 0 fully saturated rings. The number of aliphatic hydroxyl groups is 1. The highest BCUT2D eigenvalue weighted by Gasteiger charge is 2.23. The van der Waals surface area contributed by atoms with Crippen molar-refractivity contribution in [3.8, 4) is 34.3 Å². The zero-order chi connectivity index (χ0) is 29.5. The van der Waals surface area contributed by atoms with Gasteiger partial charge in [-0.1, -0.05) is 25.1 Å². The fraction of sp³-hybridized carbons (Fsp3) is 0.333. The molecular formula is C33H38N2O6. The minimum atomic E-state index is -0.0589. The Kier molecular flexibility index (Phi) is 9.68. The van der Waals surface area contributed by atoms with Crippen LogP contribution in [0.1, 0.15) is 42.1 Å². The highest BCUT2D eigenvalue weighted by atomic mass is 16.5. The fourth-order valence-electron chi connectivity index (χ4n) is 5.19. The predicted octanol–water partition coefficient (Wildman–Crippen LogP) is 6.35. The number of Topliss-reactive ketones (excluding diaryl/α,β-unsaturated/α-hetero) is 1. The summed E-state index contributed by atoms with van der Waals surface area (Å²) < 4.78 is 21.6. The average Bonchev–Trinajstić information content (AvgIpc) is 3.41. The van der Waals surface area contributed by atoms with Crippen LogP contribution in [0.15, 0.2) is 60.7 Å². The van der Waals surface area contributed by atoms with Gasteiger partial charge < -0.3 is 29.4 Å². The van der Waals surface area contributed by atoms with Gasteiger partial charge in [-0.3, -0.25) is 4.79 Å². The van der Waals surface area contributed by atoms with Crippen molar-refractivity contribution in [1.29, 1.82) is 0 Å². The van der Waals surface area contributed by atoms with E-state index in [1.165, 1.54) is 18.2 Å². The van der Waals surface area contributed by atoms with Gasteiger partial charge in [0.25, 0.3) is 0 Å². The van der Waals surface area contributed by atoms with Crippen molar-refractivity contribution in [3.63, 3.8) is 0 Å². The molecule has 0 spiro atoms. The number of methoxy groups -OCH3 is 4. The summed E-state index contributed by atoms with van der Waals surface area (Å²) in [6, 6.07) is 19.3. The summed E-state index contributed by atoms with van der Waals surface area (Å²) in [5.41, 5.74) is 5.24. The van der Waals surface area contributed by atoms with Crippen LogP contribution in [0.2, 0.25) is 0 Å². The number of carbonyl (C=O) groups excluding carboxylic acids is 1. The highest BCUT2D eigenvalue weighted by Crippen LogP contribution is 2.44. The summed E-state index contributed by atoms with van der Waals surface area (Å²) in [6.07, 6.45) is 1.07. The molecule has 0 radical (unpaired) electrons.